The van der Waals surface area contributed by atoms with Crippen LogP contribution in [0, 0.1) is 5.41 Å². The highest BCUT2D eigenvalue weighted by molar-refractivity contribution is 5.99. The van der Waals surface area contributed by atoms with E-state index >= 15 is 0 Å². The molecule has 2 saturated carbocycles. The van der Waals surface area contributed by atoms with Crippen molar-refractivity contribution in [2.24, 2.45) is 5.41 Å². The lowest BCUT2D eigenvalue weighted by Gasteiger charge is -2.24. The summed E-state index contributed by atoms with van der Waals surface area (Å²) in [4.78, 5) is 24.4. The summed E-state index contributed by atoms with van der Waals surface area (Å²) in [5.41, 5.74) is 4.48. The van der Waals surface area contributed by atoms with E-state index in [2.05, 4.69) is 10.6 Å². The van der Waals surface area contributed by atoms with E-state index < -0.39 is 17.4 Å². The Balaban J connectivity index is 1.72. The van der Waals surface area contributed by atoms with E-state index in [1.165, 1.54) is 24.8 Å². The maximum absolute atomic E-state index is 12.6. The Labute approximate surface area is 191 Å². The van der Waals surface area contributed by atoms with E-state index in [1.807, 2.05) is 18.2 Å². The van der Waals surface area contributed by atoms with Gasteiger partial charge in [-0.1, -0.05) is 37.5 Å². The zero-order chi connectivity index (χ0) is 22.9. The van der Waals surface area contributed by atoms with E-state index in [4.69, 9.17) is 4.74 Å². The van der Waals surface area contributed by atoms with Gasteiger partial charge < -0.3 is 19.5 Å². The molecule has 0 radical (unpaired) electrons. The summed E-state index contributed by atoms with van der Waals surface area (Å²) in [6, 6.07) is 11.3. The summed E-state index contributed by atoms with van der Waals surface area (Å²) in [5.74, 6) is -0.771. The van der Waals surface area contributed by atoms with Crippen LogP contribution in [0.3, 0.4) is 0 Å². The zero-order valence-corrected chi connectivity index (χ0v) is 18.6. The van der Waals surface area contributed by atoms with Crippen LogP contribution in [0.2, 0.25) is 0 Å². The first-order chi connectivity index (χ1) is 16.0. The van der Waals surface area contributed by atoms with Gasteiger partial charge in [-0.05, 0) is 48.9 Å². The molecule has 0 spiro atoms. The van der Waals surface area contributed by atoms with Crippen LogP contribution in [0.25, 0.3) is 22.2 Å². The Morgan fingerprint density at radius 3 is 2.55 bits per heavy atom. The highest BCUT2D eigenvalue weighted by Crippen LogP contribution is 2.66. The third-order valence-corrected chi connectivity index (χ3v) is 8.20. The van der Waals surface area contributed by atoms with E-state index in [9.17, 15) is 19.8 Å². The smallest absolute Gasteiger partial charge is 0.335 e. The number of aliphatic carboxylic acids is 1. The molecule has 1 aromatic heterocycles. The molecule has 1 aliphatic heterocycles. The van der Waals surface area contributed by atoms with Gasteiger partial charge in [0.2, 0.25) is 0 Å². The average Bonchev–Trinajstić information content (AvgIpc) is 3.49. The van der Waals surface area contributed by atoms with Gasteiger partial charge in [-0.15, -0.1) is 0 Å². The molecule has 2 fully saturated rings. The number of fused-ring (bicyclic) bond motifs is 7. The number of methoxy groups -OCH3 is 1. The number of carboxylic acid groups (broad SMARTS) is 2. The van der Waals surface area contributed by atoms with E-state index in [0.29, 0.717) is 18.9 Å². The molecule has 0 saturated heterocycles. The topological polar surface area (TPSA) is 88.8 Å². The number of benzene rings is 2. The second kappa shape index (κ2) is 7.11. The van der Waals surface area contributed by atoms with Crippen LogP contribution < -0.4 is 4.74 Å². The molecule has 2 atom stereocenters. The highest BCUT2D eigenvalue weighted by Gasteiger charge is 2.64. The van der Waals surface area contributed by atoms with Crippen molar-refractivity contribution in [3.63, 3.8) is 0 Å². The molecule has 2 unspecified atom stereocenters. The molecule has 6 heteroatoms. The van der Waals surface area contributed by atoms with Crippen LogP contribution >= 0.6 is 0 Å². The van der Waals surface area contributed by atoms with Gasteiger partial charge in [0.05, 0.1) is 23.8 Å². The minimum absolute atomic E-state index is 0.113. The van der Waals surface area contributed by atoms with Crippen molar-refractivity contribution in [2.45, 2.75) is 56.9 Å². The summed E-state index contributed by atoms with van der Waals surface area (Å²) in [5, 5.41) is 21.0. The van der Waals surface area contributed by atoms with Crippen LogP contribution in [0.5, 0.6) is 5.75 Å². The van der Waals surface area contributed by atoms with Gasteiger partial charge >= 0.3 is 11.9 Å². The number of nitrogens with zero attached hydrogens (tertiary/aromatic N) is 1. The fourth-order valence-electron chi connectivity index (χ4n) is 6.50. The number of carbonyl (C=O) groups is 2. The van der Waals surface area contributed by atoms with Crippen molar-refractivity contribution in [1.82, 2.24) is 4.57 Å². The van der Waals surface area contributed by atoms with E-state index in [0.717, 1.165) is 46.3 Å². The van der Waals surface area contributed by atoms with Crippen molar-refractivity contribution in [3.8, 4) is 17.0 Å². The van der Waals surface area contributed by atoms with Crippen LogP contribution in [0.15, 0.2) is 36.4 Å². The van der Waals surface area contributed by atoms with Crippen molar-refractivity contribution < 1.29 is 24.5 Å². The molecular formula is C27H27NO5. The molecule has 2 aliphatic carbocycles. The van der Waals surface area contributed by atoms with E-state index in [1.54, 1.807) is 19.2 Å². The number of rotatable bonds is 4. The molecular weight excluding hydrogens is 418 g/mol. The fourth-order valence-corrected chi connectivity index (χ4v) is 6.50. The standard InChI is InChI=1S/C27H27NO5/c1-33-21-9-5-8-18-23(21)19-13-27(19,26(31)32)14-28-20-12-16(25(29)30)10-11-17(20)22(24(18)28)15-6-3-2-4-7-15/h5,8-12,15,19H,2-4,6-7,13-14H2,1H3,(H,29,30)(H,31,32). The largest absolute Gasteiger partial charge is 0.496 e. The summed E-state index contributed by atoms with van der Waals surface area (Å²) >= 11 is 0. The summed E-state index contributed by atoms with van der Waals surface area (Å²) in [7, 11) is 1.64. The Hall–Kier alpha value is -3.28. The van der Waals surface area contributed by atoms with Crippen LogP contribution in [-0.2, 0) is 11.3 Å². The third kappa shape index (κ3) is 2.79. The summed E-state index contributed by atoms with van der Waals surface area (Å²) in [6.07, 6.45) is 6.35. The molecule has 3 aliphatic rings. The first-order valence-corrected chi connectivity index (χ1v) is 11.8. The molecule has 0 bridgehead atoms. The second-order valence-corrected chi connectivity index (χ2v) is 9.86. The normalized spacial score (nSPS) is 23.8. The molecule has 3 aromatic rings. The molecule has 6 nitrogen and oxygen atoms in total. The van der Waals surface area contributed by atoms with Gasteiger partial charge in [0.1, 0.15) is 5.75 Å². The second-order valence-electron chi connectivity index (χ2n) is 9.86. The minimum Gasteiger partial charge on any atom is -0.496 e. The fraction of sp³-hybridized carbons (Fsp3) is 0.407. The molecule has 0 amide bonds. The van der Waals surface area contributed by atoms with Crippen LogP contribution in [-0.4, -0.2) is 33.8 Å². The molecule has 2 N–H and O–H groups in total. The van der Waals surface area contributed by atoms with Crippen molar-refractivity contribution >= 4 is 22.8 Å². The number of aromatic carboxylic acids is 1. The zero-order valence-electron chi connectivity index (χ0n) is 18.6. The lowest BCUT2D eigenvalue weighted by Crippen LogP contribution is -2.22. The predicted octanol–water partition coefficient (Wildman–Crippen LogP) is 5.63. The Kier molecular flexibility index (Phi) is 4.38. The first-order valence-electron chi connectivity index (χ1n) is 11.8. The van der Waals surface area contributed by atoms with Gasteiger partial charge in [0.15, 0.2) is 0 Å². The van der Waals surface area contributed by atoms with Gasteiger partial charge in [-0.3, -0.25) is 4.79 Å². The van der Waals surface area contributed by atoms with Crippen molar-refractivity contribution in [2.75, 3.05) is 7.11 Å². The highest BCUT2D eigenvalue weighted by atomic mass is 16.5. The lowest BCUT2D eigenvalue weighted by atomic mass is 9.81. The lowest BCUT2D eigenvalue weighted by molar-refractivity contribution is -0.144. The quantitative estimate of drug-likeness (QED) is 0.543. The molecule has 33 heavy (non-hydrogen) atoms. The third-order valence-electron chi connectivity index (χ3n) is 8.20. The molecule has 170 valence electrons. The van der Waals surface area contributed by atoms with E-state index in [-0.39, 0.29) is 11.5 Å². The monoisotopic (exact) mass is 445 g/mol. The van der Waals surface area contributed by atoms with Crippen molar-refractivity contribution in [3.05, 3.63) is 53.1 Å². The first kappa shape index (κ1) is 20.3. The maximum atomic E-state index is 12.6. The molecule has 6 rings (SSSR count). The van der Waals surface area contributed by atoms with Crippen LogP contribution in [0.4, 0.5) is 0 Å². The van der Waals surface area contributed by atoms with Crippen LogP contribution in [0.1, 0.15) is 71.8 Å². The Morgan fingerprint density at radius 2 is 1.85 bits per heavy atom. The maximum Gasteiger partial charge on any atom is 0.335 e. The summed E-state index contributed by atoms with van der Waals surface area (Å²) < 4.78 is 7.85. The van der Waals surface area contributed by atoms with Gasteiger partial charge in [-0.2, -0.15) is 0 Å². The number of ether oxygens (including phenoxy) is 1. The Bertz CT molecular complexity index is 1320. The number of aromatic nitrogens is 1. The number of carboxylic acids is 2. The Morgan fingerprint density at radius 1 is 1.06 bits per heavy atom. The van der Waals surface area contributed by atoms with Gasteiger partial charge in [0, 0.05) is 34.5 Å². The molecule has 2 aromatic carbocycles. The minimum atomic E-state index is -0.973. The number of hydrogen-bond acceptors (Lipinski definition) is 3. The predicted molar refractivity (Wildman–Crippen MR) is 124 cm³/mol. The van der Waals surface area contributed by atoms with Gasteiger partial charge in [0.25, 0.3) is 0 Å². The SMILES string of the molecule is COc1cccc2c1C1CC1(C(=O)O)Cn1c-2c(C2CCCCC2)c2ccc(C(=O)O)cc21. The molecule has 2 heterocycles. The summed E-state index contributed by atoms with van der Waals surface area (Å²) in [6.45, 7) is 0.340. The average molecular weight is 446 g/mol. The van der Waals surface area contributed by atoms with Gasteiger partial charge in [-0.25, -0.2) is 4.79 Å². The van der Waals surface area contributed by atoms with Crippen molar-refractivity contribution in [1.29, 1.82) is 0 Å². The number of hydrogen-bond donors (Lipinski definition) is 2.